The first-order chi connectivity index (χ1) is 6.22. The number of nitrogens with one attached hydrogen (secondary N) is 1. The van der Waals surface area contributed by atoms with Gasteiger partial charge in [-0.25, -0.2) is 0 Å². The van der Waals surface area contributed by atoms with E-state index in [1.54, 1.807) is 0 Å². The van der Waals surface area contributed by atoms with Gasteiger partial charge in [-0.05, 0) is 45.4 Å². The Morgan fingerprint density at radius 1 is 1.36 bits per heavy atom. The average molecular weight is 199 g/mol. The fourth-order valence-electron chi connectivity index (χ4n) is 1.96. The van der Waals surface area contributed by atoms with E-state index in [2.05, 4.69) is 39.9 Å². The summed E-state index contributed by atoms with van der Waals surface area (Å²) in [4.78, 5) is 0. The predicted octanol–water partition coefficient (Wildman–Crippen LogP) is 2.17. The largest absolute Gasteiger partial charge is 0.389 e. The van der Waals surface area contributed by atoms with Crippen molar-refractivity contribution in [1.29, 1.82) is 0 Å². The summed E-state index contributed by atoms with van der Waals surface area (Å²) in [6.07, 6.45) is 1.93. The van der Waals surface area contributed by atoms with Crippen LogP contribution in [0, 0.1) is 11.8 Å². The van der Waals surface area contributed by atoms with Crippen LogP contribution in [0.5, 0.6) is 0 Å². The van der Waals surface area contributed by atoms with Crippen LogP contribution >= 0.6 is 0 Å². The van der Waals surface area contributed by atoms with E-state index in [-0.39, 0.29) is 5.54 Å². The van der Waals surface area contributed by atoms with Gasteiger partial charge >= 0.3 is 0 Å². The zero-order valence-corrected chi connectivity index (χ0v) is 10.2. The van der Waals surface area contributed by atoms with Gasteiger partial charge in [0, 0.05) is 12.1 Å². The molecular weight excluding hydrogens is 174 g/mol. The van der Waals surface area contributed by atoms with Crippen LogP contribution < -0.4 is 5.32 Å². The lowest BCUT2D eigenvalue weighted by Gasteiger charge is -2.47. The Kier molecular flexibility index (Phi) is 3.27. The van der Waals surface area contributed by atoms with E-state index in [1.807, 2.05) is 0 Å². The second kappa shape index (κ2) is 3.82. The molecule has 0 radical (unpaired) electrons. The van der Waals surface area contributed by atoms with E-state index in [0.717, 1.165) is 25.3 Å². The minimum absolute atomic E-state index is 0.110. The quantitative estimate of drug-likeness (QED) is 0.730. The number of rotatable bonds is 3. The molecule has 1 saturated carbocycles. The number of hydrogen-bond donors (Lipinski definition) is 2. The normalized spacial score (nSPS) is 33.2. The second-order valence-electron chi connectivity index (χ2n) is 6.24. The zero-order chi connectivity index (χ0) is 11.0. The highest BCUT2D eigenvalue weighted by Crippen LogP contribution is 2.41. The molecule has 0 aromatic rings. The summed E-state index contributed by atoms with van der Waals surface area (Å²) in [7, 11) is 0. The van der Waals surface area contributed by atoms with Crippen LogP contribution in [0.3, 0.4) is 0 Å². The molecule has 0 unspecified atom stereocenters. The molecule has 0 bridgehead atoms. The van der Waals surface area contributed by atoms with Gasteiger partial charge in [-0.1, -0.05) is 13.8 Å². The van der Waals surface area contributed by atoms with E-state index in [4.69, 9.17) is 0 Å². The third-order valence-electron chi connectivity index (χ3n) is 3.17. The van der Waals surface area contributed by atoms with Crippen LogP contribution in [-0.2, 0) is 0 Å². The molecule has 1 aliphatic carbocycles. The maximum absolute atomic E-state index is 10.1. The van der Waals surface area contributed by atoms with Crippen molar-refractivity contribution >= 4 is 0 Å². The van der Waals surface area contributed by atoms with E-state index >= 15 is 0 Å². The Labute approximate surface area is 88.1 Å². The fourth-order valence-corrected chi connectivity index (χ4v) is 1.96. The molecule has 2 N–H and O–H groups in total. The minimum Gasteiger partial charge on any atom is -0.389 e. The van der Waals surface area contributed by atoms with Gasteiger partial charge in [-0.3, -0.25) is 0 Å². The molecule has 0 saturated heterocycles. The summed E-state index contributed by atoms with van der Waals surface area (Å²) in [6, 6.07) is 0. The number of hydrogen-bond acceptors (Lipinski definition) is 2. The molecule has 84 valence electrons. The summed E-state index contributed by atoms with van der Waals surface area (Å²) in [5, 5.41) is 13.5. The molecule has 2 heteroatoms. The summed E-state index contributed by atoms with van der Waals surface area (Å²) in [5.41, 5.74) is -0.319. The molecule has 1 fully saturated rings. The van der Waals surface area contributed by atoms with Crippen LogP contribution in [0.2, 0.25) is 0 Å². The highest BCUT2D eigenvalue weighted by molar-refractivity contribution is 4.97. The first-order valence-corrected chi connectivity index (χ1v) is 5.69. The molecule has 14 heavy (non-hydrogen) atoms. The van der Waals surface area contributed by atoms with Crippen LogP contribution in [0.1, 0.15) is 47.5 Å². The van der Waals surface area contributed by atoms with E-state index in [0.29, 0.717) is 5.92 Å². The molecule has 0 amide bonds. The van der Waals surface area contributed by atoms with E-state index in [1.165, 1.54) is 0 Å². The van der Waals surface area contributed by atoms with Crippen LogP contribution in [0.15, 0.2) is 0 Å². The lowest BCUT2D eigenvalue weighted by atomic mass is 9.66. The summed E-state index contributed by atoms with van der Waals surface area (Å²) in [5.74, 6) is 1.44. The molecule has 0 aliphatic heterocycles. The van der Waals surface area contributed by atoms with Crippen LogP contribution in [-0.4, -0.2) is 22.8 Å². The molecule has 0 spiro atoms. The highest BCUT2D eigenvalue weighted by atomic mass is 16.3. The fraction of sp³-hybridized carbons (Fsp3) is 1.00. The monoisotopic (exact) mass is 199 g/mol. The van der Waals surface area contributed by atoms with Gasteiger partial charge in [-0.15, -0.1) is 0 Å². The third-order valence-corrected chi connectivity index (χ3v) is 3.17. The smallest absolute Gasteiger partial charge is 0.0777 e. The van der Waals surface area contributed by atoms with Crippen molar-refractivity contribution < 1.29 is 5.11 Å². The Balaban J connectivity index is 2.28. The Morgan fingerprint density at radius 3 is 2.21 bits per heavy atom. The van der Waals surface area contributed by atoms with Gasteiger partial charge in [0.25, 0.3) is 0 Å². The molecule has 0 aromatic heterocycles. The van der Waals surface area contributed by atoms with Gasteiger partial charge in [-0.2, -0.15) is 0 Å². The van der Waals surface area contributed by atoms with Gasteiger partial charge in [0.05, 0.1) is 5.60 Å². The maximum atomic E-state index is 10.1. The first kappa shape index (κ1) is 12.0. The Hall–Kier alpha value is -0.0800. The topological polar surface area (TPSA) is 32.3 Å². The van der Waals surface area contributed by atoms with Crippen molar-refractivity contribution in [1.82, 2.24) is 5.32 Å². The molecule has 0 atom stereocenters. The van der Waals surface area contributed by atoms with Gasteiger partial charge < -0.3 is 10.4 Å². The Bertz CT molecular complexity index is 187. The van der Waals surface area contributed by atoms with Crippen molar-refractivity contribution in [2.45, 2.75) is 58.6 Å². The molecule has 1 aliphatic rings. The predicted molar refractivity (Wildman–Crippen MR) is 60.3 cm³/mol. The summed E-state index contributed by atoms with van der Waals surface area (Å²) in [6.45, 7) is 11.6. The SMILES string of the molecule is CC(C)C1CC(O)(CNC(C)(C)C)C1. The third kappa shape index (κ3) is 3.25. The molecule has 0 heterocycles. The van der Waals surface area contributed by atoms with Crippen LogP contribution in [0.25, 0.3) is 0 Å². The first-order valence-electron chi connectivity index (χ1n) is 5.69. The van der Waals surface area contributed by atoms with Crippen molar-refractivity contribution in [3.05, 3.63) is 0 Å². The average Bonchev–Trinajstić information content (AvgIpc) is 1.93. The molecule has 2 nitrogen and oxygen atoms in total. The van der Waals surface area contributed by atoms with E-state index < -0.39 is 5.60 Å². The standard InChI is InChI=1S/C12H25NO/c1-9(2)10-6-12(14,7-10)8-13-11(3,4)5/h9-10,13-14H,6-8H2,1-5H3. The minimum atomic E-state index is -0.428. The van der Waals surface area contributed by atoms with Crippen molar-refractivity contribution in [3.8, 4) is 0 Å². The molecule has 1 rings (SSSR count). The second-order valence-corrected chi connectivity index (χ2v) is 6.24. The summed E-state index contributed by atoms with van der Waals surface area (Å²) < 4.78 is 0. The van der Waals surface area contributed by atoms with Gasteiger partial charge in [0.15, 0.2) is 0 Å². The number of β-amino-alcohol motifs (C(OH)–C–C–N with tert-alkyl or cyclic N) is 1. The molecular formula is C12H25NO. The highest BCUT2D eigenvalue weighted by Gasteiger charge is 2.43. The zero-order valence-electron chi connectivity index (χ0n) is 10.2. The van der Waals surface area contributed by atoms with Crippen molar-refractivity contribution in [2.75, 3.05) is 6.54 Å². The van der Waals surface area contributed by atoms with Gasteiger partial charge in [0.1, 0.15) is 0 Å². The lowest BCUT2D eigenvalue weighted by Crippen LogP contribution is -2.55. The van der Waals surface area contributed by atoms with Crippen LogP contribution in [0.4, 0.5) is 0 Å². The molecule has 0 aromatic carbocycles. The lowest BCUT2D eigenvalue weighted by molar-refractivity contribution is -0.0873. The number of aliphatic hydroxyl groups is 1. The van der Waals surface area contributed by atoms with Crippen molar-refractivity contribution in [3.63, 3.8) is 0 Å². The summed E-state index contributed by atoms with van der Waals surface area (Å²) >= 11 is 0. The Morgan fingerprint density at radius 2 is 1.86 bits per heavy atom. The maximum Gasteiger partial charge on any atom is 0.0777 e. The van der Waals surface area contributed by atoms with E-state index in [9.17, 15) is 5.11 Å². The van der Waals surface area contributed by atoms with Gasteiger partial charge in [0.2, 0.25) is 0 Å². The van der Waals surface area contributed by atoms with Crippen molar-refractivity contribution in [2.24, 2.45) is 11.8 Å².